The molecule has 1 fully saturated rings. The summed E-state index contributed by atoms with van der Waals surface area (Å²) in [7, 11) is 0. The Bertz CT molecular complexity index is 979. The number of alkyl halides is 4. The average Bonchev–Trinajstić information content (AvgIpc) is 2.75. The number of nitrogens with one attached hydrogen (secondary N) is 1. The third-order valence-electron chi connectivity index (χ3n) is 5.18. The van der Waals surface area contributed by atoms with Crippen LogP contribution < -0.4 is 10.2 Å². The van der Waals surface area contributed by atoms with Gasteiger partial charge in [0.2, 0.25) is 0 Å². The molecule has 1 heterocycles. The van der Waals surface area contributed by atoms with Crippen LogP contribution in [0.5, 0.6) is 0 Å². The van der Waals surface area contributed by atoms with E-state index in [0.29, 0.717) is 42.6 Å². The molecule has 2 aromatic rings. The summed E-state index contributed by atoms with van der Waals surface area (Å²) in [5.74, 6) is -3.57. The van der Waals surface area contributed by atoms with Crippen LogP contribution in [0.2, 0.25) is 5.02 Å². The summed E-state index contributed by atoms with van der Waals surface area (Å²) in [6.07, 6.45) is -5.09. The summed E-state index contributed by atoms with van der Waals surface area (Å²) in [6.45, 7) is 1.54. The Hall–Kier alpha value is -2.10. The van der Waals surface area contributed by atoms with E-state index >= 15 is 0 Å². The van der Waals surface area contributed by atoms with Crippen LogP contribution in [0, 0.1) is 11.6 Å². The number of benzene rings is 2. The Labute approximate surface area is 191 Å². The van der Waals surface area contributed by atoms with Crippen molar-refractivity contribution in [3.05, 3.63) is 58.1 Å². The molecule has 1 N–H and O–H groups in total. The number of piperazine rings is 1. The molecule has 1 aliphatic rings. The molecule has 0 spiro atoms. The highest BCUT2D eigenvalue weighted by Gasteiger charge is 2.29. The van der Waals surface area contributed by atoms with Crippen molar-refractivity contribution in [3.8, 4) is 0 Å². The molecule has 0 aliphatic carbocycles. The van der Waals surface area contributed by atoms with E-state index in [0.717, 1.165) is 6.07 Å². The van der Waals surface area contributed by atoms with Crippen LogP contribution in [-0.4, -0.2) is 49.7 Å². The predicted molar refractivity (Wildman–Crippen MR) is 115 cm³/mol. The number of carbonyl (C=O) groups is 1. The van der Waals surface area contributed by atoms with Gasteiger partial charge in [-0.1, -0.05) is 17.7 Å². The number of carbonyl (C=O) groups excluding carboxylic acids is 1. The summed E-state index contributed by atoms with van der Waals surface area (Å²) in [6, 6.07) is 7.07. The average molecular weight is 496 g/mol. The summed E-state index contributed by atoms with van der Waals surface area (Å²) >= 11 is 11.7. The molecule has 0 unspecified atom stereocenters. The second-order valence-corrected chi connectivity index (χ2v) is 8.05. The third-order valence-corrected chi connectivity index (χ3v) is 5.71. The molecule has 3 rings (SSSR count). The monoisotopic (exact) mass is 495 g/mol. The Morgan fingerprint density at radius 3 is 2.34 bits per heavy atom. The number of halogens is 7. The smallest absolute Gasteiger partial charge is 0.367 e. The molecule has 4 nitrogen and oxygen atoms in total. The maximum atomic E-state index is 14.3. The fraction of sp³-hybridized carbons (Fsp3) is 0.381. The van der Waals surface area contributed by atoms with Crippen molar-refractivity contribution in [2.45, 2.75) is 18.5 Å². The minimum Gasteiger partial charge on any atom is -0.367 e. The van der Waals surface area contributed by atoms with Gasteiger partial charge in [0.15, 0.2) is 11.6 Å². The largest absolute Gasteiger partial charge is 0.390 e. The van der Waals surface area contributed by atoms with E-state index in [9.17, 15) is 26.7 Å². The summed E-state index contributed by atoms with van der Waals surface area (Å²) < 4.78 is 65.7. The first kappa shape index (κ1) is 24.5. The summed E-state index contributed by atoms with van der Waals surface area (Å²) in [5.41, 5.74) is 0.328. The Morgan fingerprint density at radius 1 is 1.03 bits per heavy atom. The highest BCUT2D eigenvalue weighted by atomic mass is 35.5. The summed E-state index contributed by atoms with van der Waals surface area (Å²) in [5, 5.41) is 2.96. The number of anilines is 2. The third kappa shape index (κ3) is 6.02. The molecule has 0 atom stereocenters. The maximum Gasteiger partial charge on any atom is 0.390 e. The standard InChI is InChI=1S/C21H20Cl2F5N3O/c22-12-13-1-3-15(19(25)18(13)24)20(32)29-16-4-2-14(23)11-17(16)31-9-7-30(8-10-31)6-5-21(26,27)28/h1-4,11H,5-10,12H2,(H,29,32). The second kappa shape index (κ2) is 10.2. The topological polar surface area (TPSA) is 35.6 Å². The van der Waals surface area contributed by atoms with Crippen molar-refractivity contribution in [2.75, 3.05) is 42.9 Å². The number of amides is 1. The quantitative estimate of drug-likeness (QED) is 0.413. The van der Waals surface area contributed by atoms with Gasteiger partial charge in [-0.3, -0.25) is 9.69 Å². The molecular weight excluding hydrogens is 476 g/mol. The van der Waals surface area contributed by atoms with Crippen molar-refractivity contribution < 1.29 is 26.7 Å². The fourth-order valence-electron chi connectivity index (χ4n) is 3.43. The molecule has 1 aliphatic heterocycles. The SMILES string of the molecule is O=C(Nc1ccc(Cl)cc1N1CCN(CCC(F)(F)F)CC1)c1ccc(CCl)c(F)c1F. The number of nitrogens with zero attached hydrogens (tertiary/aromatic N) is 2. The van der Waals surface area contributed by atoms with E-state index < -0.39 is 35.7 Å². The normalized spacial score (nSPS) is 15.2. The maximum absolute atomic E-state index is 14.3. The van der Waals surface area contributed by atoms with E-state index in [-0.39, 0.29) is 18.0 Å². The van der Waals surface area contributed by atoms with E-state index in [1.54, 1.807) is 11.0 Å². The van der Waals surface area contributed by atoms with E-state index in [2.05, 4.69) is 5.32 Å². The molecule has 0 radical (unpaired) electrons. The first-order chi connectivity index (χ1) is 15.1. The zero-order valence-electron chi connectivity index (χ0n) is 16.8. The van der Waals surface area contributed by atoms with Gasteiger partial charge in [0.05, 0.1) is 29.2 Å². The van der Waals surface area contributed by atoms with E-state index in [4.69, 9.17) is 23.2 Å². The van der Waals surface area contributed by atoms with Crippen molar-refractivity contribution in [3.63, 3.8) is 0 Å². The van der Waals surface area contributed by atoms with Gasteiger partial charge in [0.1, 0.15) is 0 Å². The number of hydrogen-bond donors (Lipinski definition) is 1. The molecule has 32 heavy (non-hydrogen) atoms. The molecule has 1 amide bonds. The lowest BCUT2D eigenvalue weighted by molar-refractivity contribution is -0.138. The number of hydrogen-bond acceptors (Lipinski definition) is 3. The highest BCUT2D eigenvalue weighted by molar-refractivity contribution is 6.31. The zero-order valence-corrected chi connectivity index (χ0v) is 18.3. The van der Waals surface area contributed by atoms with Crippen LogP contribution in [0.3, 0.4) is 0 Å². The van der Waals surface area contributed by atoms with Crippen molar-refractivity contribution in [1.29, 1.82) is 0 Å². The lowest BCUT2D eigenvalue weighted by atomic mass is 10.1. The molecule has 11 heteroatoms. The van der Waals surface area contributed by atoms with Gasteiger partial charge in [-0.2, -0.15) is 13.2 Å². The lowest BCUT2D eigenvalue weighted by Crippen LogP contribution is -2.47. The van der Waals surface area contributed by atoms with Crippen LogP contribution in [-0.2, 0) is 5.88 Å². The Balaban J connectivity index is 1.74. The second-order valence-electron chi connectivity index (χ2n) is 7.34. The zero-order chi connectivity index (χ0) is 23.5. The lowest BCUT2D eigenvalue weighted by Gasteiger charge is -2.37. The predicted octanol–water partition coefficient (Wildman–Crippen LogP) is 5.68. The Kier molecular flexibility index (Phi) is 7.84. The number of rotatable bonds is 6. The van der Waals surface area contributed by atoms with Crippen molar-refractivity contribution in [2.24, 2.45) is 0 Å². The van der Waals surface area contributed by atoms with Crippen molar-refractivity contribution >= 4 is 40.5 Å². The molecule has 0 aromatic heterocycles. The molecular formula is C21H20Cl2F5N3O. The van der Waals surface area contributed by atoms with Gasteiger partial charge in [0.25, 0.3) is 5.91 Å². The highest BCUT2D eigenvalue weighted by Crippen LogP contribution is 2.31. The van der Waals surface area contributed by atoms with Gasteiger partial charge < -0.3 is 10.2 Å². The minimum absolute atomic E-state index is 0.0590. The summed E-state index contributed by atoms with van der Waals surface area (Å²) in [4.78, 5) is 16.2. The molecule has 2 aromatic carbocycles. The van der Waals surface area contributed by atoms with Crippen molar-refractivity contribution in [1.82, 2.24) is 4.90 Å². The molecule has 174 valence electrons. The van der Waals surface area contributed by atoms with Crippen LogP contribution in [0.1, 0.15) is 22.3 Å². The van der Waals surface area contributed by atoms with Crippen LogP contribution in [0.15, 0.2) is 30.3 Å². The molecule has 1 saturated heterocycles. The van der Waals surface area contributed by atoms with E-state index in [1.807, 2.05) is 4.90 Å². The van der Waals surface area contributed by atoms with E-state index in [1.165, 1.54) is 18.2 Å². The fourth-order valence-corrected chi connectivity index (χ4v) is 3.80. The van der Waals surface area contributed by atoms with Gasteiger partial charge in [-0.05, 0) is 24.3 Å². The molecule has 0 saturated carbocycles. The van der Waals surface area contributed by atoms with Gasteiger partial charge in [-0.25, -0.2) is 8.78 Å². The molecule has 0 bridgehead atoms. The van der Waals surface area contributed by atoms with Crippen LogP contribution >= 0.6 is 23.2 Å². The van der Waals surface area contributed by atoms with Gasteiger partial charge in [-0.15, -0.1) is 11.6 Å². The first-order valence-electron chi connectivity index (χ1n) is 9.77. The van der Waals surface area contributed by atoms with Crippen LogP contribution in [0.25, 0.3) is 0 Å². The van der Waals surface area contributed by atoms with Gasteiger partial charge >= 0.3 is 6.18 Å². The van der Waals surface area contributed by atoms with Gasteiger partial charge in [0, 0.05) is 43.3 Å². The van der Waals surface area contributed by atoms with Crippen LogP contribution in [0.4, 0.5) is 33.3 Å². The minimum atomic E-state index is -4.21. The Morgan fingerprint density at radius 2 is 1.72 bits per heavy atom. The first-order valence-corrected chi connectivity index (χ1v) is 10.7.